The second kappa shape index (κ2) is 5.27. The molecule has 0 amide bonds. The fraction of sp³-hybridized carbons (Fsp3) is 0.154. The zero-order valence-electron chi connectivity index (χ0n) is 9.28. The van der Waals surface area contributed by atoms with Crippen molar-refractivity contribution in [3.63, 3.8) is 0 Å². The fourth-order valence-electron chi connectivity index (χ4n) is 1.49. The van der Waals surface area contributed by atoms with Crippen LogP contribution in [0, 0.1) is 5.82 Å². The molecule has 0 bridgehead atoms. The first kappa shape index (κ1) is 12.0. The van der Waals surface area contributed by atoms with Crippen LogP contribution in [0.4, 0.5) is 4.39 Å². The summed E-state index contributed by atoms with van der Waals surface area (Å²) in [4.78, 5) is 4.17. The summed E-state index contributed by atoms with van der Waals surface area (Å²) < 4.78 is 19.9. The Balaban J connectivity index is 2.42. The van der Waals surface area contributed by atoms with Crippen molar-refractivity contribution in [3.05, 3.63) is 46.8 Å². The van der Waals surface area contributed by atoms with E-state index in [2.05, 4.69) is 20.9 Å². The van der Waals surface area contributed by atoms with Crippen molar-refractivity contribution in [1.82, 2.24) is 4.98 Å². The van der Waals surface area contributed by atoms with E-state index in [1.165, 1.54) is 6.07 Å². The molecule has 2 rings (SSSR count). The van der Waals surface area contributed by atoms with Crippen LogP contribution in [0.5, 0.6) is 5.75 Å². The van der Waals surface area contributed by atoms with Crippen molar-refractivity contribution in [2.75, 3.05) is 6.61 Å². The van der Waals surface area contributed by atoms with Gasteiger partial charge in [-0.15, -0.1) is 0 Å². The van der Waals surface area contributed by atoms with Gasteiger partial charge < -0.3 is 4.74 Å². The van der Waals surface area contributed by atoms with Crippen molar-refractivity contribution >= 4 is 15.9 Å². The van der Waals surface area contributed by atoms with Gasteiger partial charge in [-0.3, -0.25) is 4.98 Å². The van der Waals surface area contributed by atoms with Crippen molar-refractivity contribution in [3.8, 4) is 17.0 Å². The molecule has 1 heterocycles. The molecule has 17 heavy (non-hydrogen) atoms. The summed E-state index contributed by atoms with van der Waals surface area (Å²) in [7, 11) is 0. The molecule has 0 aliphatic heterocycles. The average molecular weight is 296 g/mol. The van der Waals surface area contributed by atoms with E-state index in [-0.39, 0.29) is 5.82 Å². The lowest BCUT2D eigenvalue weighted by Gasteiger charge is -2.07. The molecule has 2 nitrogen and oxygen atoms in total. The summed E-state index contributed by atoms with van der Waals surface area (Å²) in [5.74, 6) is 0.344. The summed E-state index contributed by atoms with van der Waals surface area (Å²) in [6.45, 7) is 2.44. The van der Waals surface area contributed by atoms with Gasteiger partial charge in [0.1, 0.15) is 11.6 Å². The number of pyridine rings is 1. The van der Waals surface area contributed by atoms with Crippen LogP contribution in [0.1, 0.15) is 6.92 Å². The first-order chi connectivity index (χ1) is 8.20. The Morgan fingerprint density at radius 2 is 2.12 bits per heavy atom. The summed E-state index contributed by atoms with van der Waals surface area (Å²) in [5, 5.41) is 0. The molecule has 1 aromatic heterocycles. The molecule has 0 N–H and O–H groups in total. The van der Waals surface area contributed by atoms with Crippen LogP contribution in [0.2, 0.25) is 0 Å². The second-order valence-corrected chi connectivity index (χ2v) is 4.35. The molecule has 2 aromatic rings. The smallest absolute Gasteiger partial charge is 0.132 e. The van der Waals surface area contributed by atoms with Crippen LogP contribution in [0.3, 0.4) is 0 Å². The largest absolute Gasteiger partial charge is 0.494 e. The topological polar surface area (TPSA) is 22.1 Å². The third kappa shape index (κ3) is 2.82. The van der Waals surface area contributed by atoms with Crippen LogP contribution in [0.15, 0.2) is 41.0 Å². The van der Waals surface area contributed by atoms with Gasteiger partial charge in [0.2, 0.25) is 0 Å². The Hall–Kier alpha value is -1.42. The monoisotopic (exact) mass is 295 g/mol. The van der Waals surface area contributed by atoms with E-state index in [9.17, 15) is 4.39 Å². The molecule has 0 unspecified atom stereocenters. The maximum Gasteiger partial charge on any atom is 0.132 e. The molecule has 0 aliphatic rings. The number of ether oxygens (including phenoxy) is 1. The molecule has 0 saturated heterocycles. The zero-order valence-corrected chi connectivity index (χ0v) is 10.9. The average Bonchev–Trinajstić information content (AvgIpc) is 2.33. The highest BCUT2D eigenvalue weighted by Crippen LogP contribution is 2.26. The predicted molar refractivity (Wildman–Crippen MR) is 68.5 cm³/mol. The molecule has 0 radical (unpaired) electrons. The van der Waals surface area contributed by atoms with Gasteiger partial charge in [0.15, 0.2) is 0 Å². The minimum atomic E-state index is -0.303. The number of aromatic nitrogens is 1. The lowest BCUT2D eigenvalue weighted by atomic mass is 10.1. The molecule has 0 fully saturated rings. The van der Waals surface area contributed by atoms with Gasteiger partial charge in [-0.05, 0) is 53.2 Å². The summed E-state index contributed by atoms with van der Waals surface area (Å²) in [5.41, 5.74) is 1.04. The zero-order chi connectivity index (χ0) is 12.3. The Labute approximate surface area is 108 Å². The predicted octanol–water partition coefficient (Wildman–Crippen LogP) is 4.05. The fourth-order valence-corrected chi connectivity index (χ4v) is 1.73. The first-order valence-corrected chi connectivity index (χ1v) is 6.04. The van der Waals surface area contributed by atoms with E-state index >= 15 is 0 Å². The second-order valence-electron chi connectivity index (χ2n) is 3.44. The lowest BCUT2D eigenvalue weighted by molar-refractivity contribution is 0.340. The van der Waals surface area contributed by atoms with E-state index in [1.807, 2.05) is 13.0 Å². The summed E-state index contributed by atoms with van der Waals surface area (Å²) >= 11 is 3.29. The molecule has 0 aliphatic carbocycles. The molecular weight excluding hydrogens is 285 g/mol. The minimum absolute atomic E-state index is 0.303. The highest BCUT2D eigenvalue weighted by Gasteiger charge is 2.08. The lowest BCUT2D eigenvalue weighted by Crippen LogP contribution is -1.94. The van der Waals surface area contributed by atoms with Gasteiger partial charge in [-0.25, -0.2) is 4.39 Å². The van der Waals surface area contributed by atoms with Crippen LogP contribution < -0.4 is 4.74 Å². The highest BCUT2D eigenvalue weighted by molar-refractivity contribution is 9.10. The Morgan fingerprint density at radius 1 is 1.29 bits per heavy atom. The Kier molecular flexibility index (Phi) is 3.74. The van der Waals surface area contributed by atoms with Gasteiger partial charge in [-0.1, -0.05) is 0 Å². The standard InChI is InChI=1S/C13H11BrFNO/c1-2-17-10-4-5-12(15)11(7-10)13-6-3-9(14)8-16-13/h3-8H,2H2,1H3. The Bertz CT molecular complexity index is 513. The number of rotatable bonds is 3. The van der Waals surface area contributed by atoms with Crippen LogP contribution in [-0.4, -0.2) is 11.6 Å². The van der Waals surface area contributed by atoms with Crippen molar-refractivity contribution in [2.24, 2.45) is 0 Å². The number of hydrogen-bond donors (Lipinski definition) is 0. The third-order valence-electron chi connectivity index (χ3n) is 2.25. The molecule has 0 spiro atoms. The van der Waals surface area contributed by atoms with E-state index in [1.54, 1.807) is 24.4 Å². The maximum absolute atomic E-state index is 13.7. The third-order valence-corrected chi connectivity index (χ3v) is 2.72. The molecular formula is C13H11BrFNO. The number of benzene rings is 1. The Morgan fingerprint density at radius 3 is 2.76 bits per heavy atom. The summed E-state index contributed by atoms with van der Waals surface area (Å²) in [6, 6.07) is 8.26. The minimum Gasteiger partial charge on any atom is -0.494 e. The SMILES string of the molecule is CCOc1ccc(F)c(-c2ccc(Br)cn2)c1. The summed E-state index contributed by atoms with van der Waals surface area (Å²) in [6.07, 6.45) is 1.64. The van der Waals surface area contributed by atoms with Crippen molar-refractivity contribution < 1.29 is 9.13 Å². The van der Waals surface area contributed by atoms with Gasteiger partial charge in [-0.2, -0.15) is 0 Å². The highest BCUT2D eigenvalue weighted by atomic mass is 79.9. The van der Waals surface area contributed by atoms with Crippen LogP contribution in [0.25, 0.3) is 11.3 Å². The maximum atomic E-state index is 13.7. The molecule has 0 atom stereocenters. The molecule has 88 valence electrons. The number of hydrogen-bond acceptors (Lipinski definition) is 2. The van der Waals surface area contributed by atoms with Gasteiger partial charge >= 0.3 is 0 Å². The quantitative estimate of drug-likeness (QED) is 0.852. The van der Waals surface area contributed by atoms with E-state index < -0.39 is 0 Å². The number of halogens is 2. The molecule has 0 saturated carbocycles. The van der Waals surface area contributed by atoms with Crippen LogP contribution in [-0.2, 0) is 0 Å². The van der Waals surface area contributed by atoms with Gasteiger partial charge in [0, 0.05) is 16.2 Å². The van der Waals surface area contributed by atoms with E-state index in [0.29, 0.717) is 23.6 Å². The molecule has 1 aromatic carbocycles. The van der Waals surface area contributed by atoms with Crippen molar-refractivity contribution in [2.45, 2.75) is 6.92 Å². The van der Waals surface area contributed by atoms with Crippen molar-refractivity contribution in [1.29, 1.82) is 0 Å². The van der Waals surface area contributed by atoms with E-state index in [4.69, 9.17) is 4.74 Å². The molecule has 4 heteroatoms. The van der Waals surface area contributed by atoms with E-state index in [0.717, 1.165) is 4.47 Å². The van der Waals surface area contributed by atoms with Crippen LogP contribution >= 0.6 is 15.9 Å². The van der Waals surface area contributed by atoms with Gasteiger partial charge in [0.05, 0.1) is 12.3 Å². The van der Waals surface area contributed by atoms with Gasteiger partial charge in [0.25, 0.3) is 0 Å². The first-order valence-electron chi connectivity index (χ1n) is 5.25. The number of nitrogens with zero attached hydrogens (tertiary/aromatic N) is 1. The normalized spacial score (nSPS) is 10.3.